The van der Waals surface area contributed by atoms with Crippen molar-refractivity contribution in [1.82, 2.24) is 30.1 Å². The molecule has 2 N–H and O–H groups in total. The highest BCUT2D eigenvalue weighted by Gasteiger charge is 2.29. The molecule has 0 radical (unpaired) electrons. The average molecular weight is 683 g/mol. The summed E-state index contributed by atoms with van der Waals surface area (Å²) in [5, 5.41) is 9.66. The first kappa shape index (κ1) is 35.2. The zero-order valence-corrected chi connectivity index (χ0v) is 29.4. The SMILES string of the molecule is Cc1cc(-c2ncnn3cc(CCC(F)CN4CCC(c5ccc(C6CCC(=O)NC6=O)cc5)CC4)cc23)ccc1CNC(=O)OC(C)(C)C. The van der Waals surface area contributed by atoms with E-state index in [2.05, 4.69) is 43.8 Å². The fraction of sp³-hybridized carbons (Fsp3) is 0.462. The Labute approximate surface area is 292 Å². The van der Waals surface area contributed by atoms with Gasteiger partial charge in [-0.25, -0.2) is 18.7 Å². The van der Waals surface area contributed by atoms with Crippen molar-refractivity contribution in [2.75, 3.05) is 19.6 Å². The summed E-state index contributed by atoms with van der Waals surface area (Å²) in [7, 11) is 0. The number of halogens is 1. The van der Waals surface area contributed by atoms with Crippen LogP contribution in [0.5, 0.6) is 0 Å². The number of alkyl halides is 1. The van der Waals surface area contributed by atoms with Crippen molar-refractivity contribution >= 4 is 23.4 Å². The normalized spacial score (nSPS) is 18.2. The quantitative estimate of drug-likeness (QED) is 0.186. The predicted molar refractivity (Wildman–Crippen MR) is 189 cm³/mol. The minimum atomic E-state index is -0.933. The molecule has 2 fully saturated rings. The molecule has 4 aromatic rings. The van der Waals surface area contributed by atoms with Crippen LogP contribution in [0.3, 0.4) is 0 Å². The van der Waals surface area contributed by atoms with Crippen LogP contribution in [0.1, 0.15) is 92.5 Å². The molecule has 6 rings (SSSR count). The maximum Gasteiger partial charge on any atom is 0.407 e. The molecular formula is C39H47FN6O4. The minimum Gasteiger partial charge on any atom is -0.444 e. The molecule has 10 nitrogen and oxygen atoms in total. The lowest BCUT2D eigenvalue weighted by atomic mass is 9.86. The summed E-state index contributed by atoms with van der Waals surface area (Å²) in [6, 6.07) is 16.3. The highest BCUT2D eigenvalue weighted by molar-refractivity contribution is 6.00. The smallest absolute Gasteiger partial charge is 0.407 e. The minimum absolute atomic E-state index is 0.199. The average Bonchev–Trinajstić information content (AvgIpc) is 3.50. The van der Waals surface area contributed by atoms with Crippen LogP contribution in [0.4, 0.5) is 9.18 Å². The first-order valence-electron chi connectivity index (χ1n) is 17.6. The van der Waals surface area contributed by atoms with Gasteiger partial charge in [-0.15, -0.1) is 0 Å². The molecule has 2 atom stereocenters. The maximum absolute atomic E-state index is 15.3. The Morgan fingerprint density at radius 1 is 1.06 bits per heavy atom. The number of likely N-dealkylation sites (tertiary alicyclic amines) is 1. The van der Waals surface area contributed by atoms with Gasteiger partial charge < -0.3 is 15.0 Å². The third kappa shape index (κ3) is 8.74. The van der Waals surface area contributed by atoms with E-state index in [4.69, 9.17) is 4.74 Å². The van der Waals surface area contributed by atoms with Crippen LogP contribution in [0, 0.1) is 6.92 Å². The summed E-state index contributed by atoms with van der Waals surface area (Å²) in [5.74, 6) is -0.265. The van der Waals surface area contributed by atoms with E-state index in [-0.39, 0.29) is 17.7 Å². The number of carbonyl (C=O) groups excluding carboxylic acids is 3. The van der Waals surface area contributed by atoms with Crippen molar-refractivity contribution in [3.8, 4) is 11.3 Å². The van der Waals surface area contributed by atoms with E-state index in [0.29, 0.717) is 44.7 Å². The van der Waals surface area contributed by atoms with Gasteiger partial charge in [0.1, 0.15) is 18.1 Å². The zero-order valence-electron chi connectivity index (χ0n) is 29.4. The predicted octanol–water partition coefficient (Wildman–Crippen LogP) is 6.40. The lowest BCUT2D eigenvalue weighted by Crippen LogP contribution is -2.39. The molecule has 2 aliphatic heterocycles. The molecule has 3 amide bonds. The van der Waals surface area contributed by atoms with Crippen LogP contribution in [-0.4, -0.2) is 68.8 Å². The van der Waals surface area contributed by atoms with Crippen LogP contribution in [0.2, 0.25) is 0 Å². The Bertz CT molecular complexity index is 1840. The van der Waals surface area contributed by atoms with Gasteiger partial charge in [0.25, 0.3) is 0 Å². The Balaban J connectivity index is 0.987. The van der Waals surface area contributed by atoms with E-state index in [1.54, 1.807) is 4.52 Å². The highest BCUT2D eigenvalue weighted by Crippen LogP contribution is 2.32. The number of amides is 3. The van der Waals surface area contributed by atoms with E-state index in [1.807, 2.05) is 64.2 Å². The molecule has 0 aliphatic carbocycles. The monoisotopic (exact) mass is 682 g/mol. The van der Waals surface area contributed by atoms with Gasteiger partial charge in [0.05, 0.1) is 17.1 Å². The number of nitrogens with one attached hydrogen (secondary N) is 2. The van der Waals surface area contributed by atoms with Crippen LogP contribution < -0.4 is 10.6 Å². The van der Waals surface area contributed by atoms with Crippen LogP contribution >= 0.6 is 0 Å². The highest BCUT2D eigenvalue weighted by atomic mass is 19.1. The van der Waals surface area contributed by atoms with Crippen molar-refractivity contribution in [1.29, 1.82) is 0 Å². The number of alkyl carbamates (subject to hydrolysis) is 1. The second-order valence-corrected chi connectivity index (χ2v) is 14.7. The van der Waals surface area contributed by atoms with Crippen molar-refractivity contribution in [2.45, 2.75) is 96.4 Å². The Morgan fingerprint density at radius 3 is 2.50 bits per heavy atom. The number of aromatic nitrogens is 3. The number of benzene rings is 2. The largest absolute Gasteiger partial charge is 0.444 e. The number of hydrogen-bond acceptors (Lipinski definition) is 7. The van der Waals surface area contributed by atoms with Gasteiger partial charge in [-0.1, -0.05) is 36.4 Å². The van der Waals surface area contributed by atoms with Gasteiger partial charge in [-0.05, 0) is 119 Å². The van der Waals surface area contributed by atoms with Gasteiger partial charge in [0.15, 0.2) is 0 Å². The molecule has 0 spiro atoms. The number of fused-ring (bicyclic) bond motifs is 1. The van der Waals surface area contributed by atoms with Crippen LogP contribution in [0.15, 0.2) is 61.1 Å². The summed E-state index contributed by atoms with van der Waals surface area (Å²) in [6.07, 6.45) is 6.01. The van der Waals surface area contributed by atoms with Gasteiger partial charge >= 0.3 is 6.09 Å². The Morgan fingerprint density at radius 2 is 1.80 bits per heavy atom. The fourth-order valence-corrected chi connectivity index (χ4v) is 7.02. The molecule has 2 saturated heterocycles. The molecule has 0 saturated carbocycles. The van der Waals surface area contributed by atoms with Crippen molar-refractivity contribution < 1.29 is 23.5 Å². The summed E-state index contributed by atoms with van der Waals surface area (Å²) in [5.41, 5.74) is 7.28. The molecule has 2 aromatic heterocycles. The van der Waals surface area contributed by atoms with E-state index >= 15 is 4.39 Å². The molecule has 2 aliphatic rings. The molecule has 11 heteroatoms. The van der Waals surface area contributed by atoms with Crippen LogP contribution in [-0.2, 0) is 27.3 Å². The number of rotatable bonds is 10. The number of imide groups is 1. The van der Waals surface area contributed by atoms with E-state index in [0.717, 1.165) is 65.0 Å². The topological polar surface area (TPSA) is 118 Å². The second-order valence-electron chi connectivity index (χ2n) is 14.7. The first-order chi connectivity index (χ1) is 23.9. The van der Waals surface area contributed by atoms with Gasteiger partial charge in [0.2, 0.25) is 11.8 Å². The zero-order chi connectivity index (χ0) is 35.4. The number of hydrogen-bond donors (Lipinski definition) is 2. The number of nitrogens with zero attached hydrogens (tertiary/aromatic N) is 4. The number of piperidine rings is 2. The van der Waals surface area contributed by atoms with Gasteiger partial charge in [-0.2, -0.15) is 5.10 Å². The Kier molecular flexibility index (Phi) is 10.6. The number of ether oxygens (including phenoxy) is 1. The lowest BCUT2D eigenvalue weighted by molar-refractivity contribution is -0.134. The molecule has 2 aromatic carbocycles. The third-order valence-electron chi connectivity index (χ3n) is 9.74. The van der Waals surface area contributed by atoms with E-state index in [9.17, 15) is 14.4 Å². The fourth-order valence-electron chi connectivity index (χ4n) is 7.02. The van der Waals surface area contributed by atoms with Gasteiger partial charge in [0, 0.05) is 31.3 Å². The molecule has 264 valence electrons. The third-order valence-corrected chi connectivity index (χ3v) is 9.74. The summed E-state index contributed by atoms with van der Waals surface area (Å²) in [4.78, 5) is 42.6. The summed E-state index contributed by atoms with van der Waals surface area (Å²) < 4.78 is 22.4. The molecule has 50 heavy (non-hydrogen) atoms. The van der Waals surface area contributed by atoms with E-state index in [1.165, 1.54) is 11.9 Å². The molecule has 0 bridgehead atoms. The molecule has 4 heterocycles. The molecular weight excluding hydrogens is 635 g/mol. The van der Waals surface area contributed by atoms with Crippen LogP contribution in [0.25, 0.3) is 16.8 Å². The van der Waals surface area contributed by atoms with Gasteiger partial charge in [-0.3, -0.25) is 14.9 Å². The molecule has 2 unspecified atom stereocenters. The second kappa shape index (κ2) is 15.1. The summed E-state index contributed by atoms with van der Waals surface area (Å²) >= 11 is 0. The standard InChI is InChI=1S/C39H47FN6O4/c1-25-19-30(10-11-31(25)21-41-38(49)50-39(2,3)4)36-34-20-26(22-46(34)43-24-42-36)5-12-32(40)23-45-17-15-28(16-18-45)27-6-8-29(9-7-27)33-13-14-35(47)44-37(33)48/h6-11,19-20,22,24,28,32-33H,5,12-18,21,23H2,1-4H3,(H,41,49)(H,44,47,48). The Hall–Kier alpha value is -4.64. The summed E-state index contributed by atoms with van der Waals surface area (Å²) in [6.45, 7) is 9.99. The first-order valence-corrected chi connectivity index (χ1v) is 17.6. The number of carbonyl (C=O) groups is 3. The lowest BCUT2D eigenvalue weighted by Gasteiger charge is -2.33. The van der Waals surface area contributed by atoms with E-state index < -0.39 is 17.9 Å². The maximum atomic E-state index is 15.3. The van der Waals surface area contributed by atoms with Crippen molar-refractivity contribution in [3.63, 3.8) is 0 Å². The number of aryl methyl sites for hydroxylation is 2. The van der Waals surface area contributed by atoms with Crippen molar-refractivity contribution in [2.24, 2.45) is 0 Å². The van der Waals surface area contributed by atoms with Crippen molar-refractivity contribution in [3.05, 3.63) is 88.9 Å².